The van der Waals surface area contributed by atoms with E-state index in [1.807, 2.05) is 12.1 Å². The molecule has 3 nitrogen and oxygen atoms in total. The van der Waals surface area contributed by atoms with E-state index in [-0.39, 0.29) is 11.8 Å². The average Bonchev–Trinajstić information content (AvgIpc) is 2.71. The number of fused-ring (bicyclic) bond motifs is 1. The Hall–Kier alpha value is -1.88. The van der Waals surface area contributed by atoms with Gasteiger partial charge in [-0.15, -0.1) is 0 Å². The largest absolute Gasteiger partial charge is 0.326 e. The predicted octanol–water partition coefficient (Wildman–Crippen LogP) is 6.11. The zero-order valence-corrected chi connectivity index (χ0v) is 17.8. The number of amides is 1. The van der Waals surface area contributed by atoms with Gasteiger partial charge in [-0.1, -0.05) is 54.1 Å². The van der Waals surface area contributed by atoms with Gasteiger partial charge in [0.1, 0.15) is 0 Å². The number of rotatable bonds is 4. The molecule has 28 heavy (non-hydrogen) atoms. The summed E-state index contributed by atoms with van der Waals surface area (Å²) in [7, 11) is 0. The molecule has 1 saturated heterocycles. The Morgan fingerprint density at radius 3 is 2.61 bits per heavy atom. The first-order valence-electron chi connectivity index (χ1n) is 9.55. The summed E-state index contributed by atoms with van der Waals surface area (Å²) in [6, 6.07) is 20.5. The number of carbonyl (C=O) groups excluding carboxylic acids is 1. The number of piperidine rings is 1. The van der Waals surface area contributed by atoms with E-state index >= 15 is 0 Å². The van der Waals surface area contributed by atoms with Crippen LogP contribution in [0.25, 0.3) is 10.8 Å². The fourth-order valence-electron chi connectivity index (χ4n) is 3.84. The second-order valence-corrected chi connectivity index (χ2v) is 8.57. The monoisotopic (exact) mass is 456 g/mol. The summed E-state index contributed by atoms with van der Waals surface area (Å²) in [5.41, 5.74) is 2.10. The van der Waals surface area contributed by atoms with Gasteiger partial charge < -0.3 is 5.32 Å². The van der Waals surface area contributed by atoms with Crippen LogP contribution in [0.5, 0.6) is 0 Å². The van der Waals surface area contributed by atoms with E-state index < -0.39 is 0 Å². The van der Waals surface area contributed by atoms with Crippen LogP contribution < -0.4 is 5.32 Å². The molecule has 5 heteroatoms. The van der Waals surface area contributed by atoms with Gasteiger partial charge in [-0.25, -0.2) is 0 Å². The topological polar surface area (TPSA) is 32.3 Å². The zero-order valence-electron chi connectivity index (χ0n) is 15.5. The molecule has 0 atom stereocenters. The van der Waals surface area contributed by atoms with E-state index in [1.165, 1.54) is 16.3 Å². The van der Waals surface area contributed by atoms with Crippen LogP contribution in [0, 0.1) is 5.92 Å². The van der Waals surface area contributed by atoms with Crippen LogP contribution in [0.2, 0.25) is 5.02 Å². The predicted molar refractivity (Wildman–Crippen MR) is 120 cm³/mol. The second kappa shape index (κ2) is 8.64. The van der Waals surface area contributed by atoms with Crippen molar-refractivity contribution in [3.8, 4) is 0 Å². The molecule has 0 spiro atoms. The van der Waals surface area contributed by atoms with Gasteiger partial charge >= 0.3 is 0 Å². The van der Waals surface area contributed by atoms with Crippen LogP contribution in [0.4, 0.5) is 5.69 Å². The normalized spacial score (nSPS) is 15.6. The maximum absolute atomic E-state index is 12.6. The molecule has 1 aliphatic heterocycles. The van der Waals surface area contributed by atoms with Crippen molar-refractivity contribution >= 4 is 49.9 Å². The van der Waals surface area contributed by atoms with Gasteiger partial charge in [0.15, 0.2) is 0 Å². The minimum absolute atomic E-state index is 0.0474. The number of hydrogen-bond acceptors (Lipinski definition) is 2. The standard InChI is InChI=1S/C23H22BrClN2O/c24-21-9-8-19(14-22(21)25)26-23(28)17-10-12-27(13-11-17)15-18-6-3-5-16-4-1-2-7-20(16)18/h1-9,14,17H,10-13,15H2,(H,26,28). The molecule has 0 radical (unpaired) electrons. The highest BCUT2D eigenvalue weighted by Gasteiger charge is 2.25. The van der Waals surface area contributed by atoms with Gasteiger partial charge in [0.25, 0.3) is 0 Å². The van der Waals surface area contributed by atoms with Gasteiger partial charge in [-0.3, -0.25) is 9.69 Å². The quantitative estimate of drug-likeness (QED) is 0.513. The summed E-state index contributed by atoms with van der Waals surface area (Å²) in [6.45, 7) is 2.79. The lowest BCUT2D eigenvalue weighted by Gasteiger charge is -2.31. The number of hydrogen-bond donors (Lipinski definition) is 1. The first kappa shape index (κ1) is 19.4. The third kappa shape index (κ3) is 4.40. The fourth-order valence-corrected chi connectivity index (χ4v) is 4.27. The van der Waals surface area contributed by atoms with Crippen molar-refractivity contribution in [2.24, 2.45) is 5.92 Å². The lowest BCUT2D eigenvalue weighted by molar-refractivity contribution is -0.121. The average molecular weight is 458 g/mol. The molecule has 3 aromatic carbocycles. The Bertz CT molecular complexity index is 994. The van der Waals surface area contributed by atoms with Crippen LogP contribution in [0.3, 0.4) is 0 Å². The number of likely N-dealkylation sites (tertiary alicyclic amines) is 1. The van der Waals surface area contributed by atoms with Crippen LogP contribution in [-0.2, 0) is 11.3 Å². The summed E-state index contributed by atoms with van der Waals surface area (Å²) in [4.78, 5) is 15.1. The van der Waals surface area contributed by atoms with Crippen molar-refractivity contribution in [1.82, 2.24) is 4.90 Å². The lowest BCUT2D eigenvalue weighted by Crippen LogP contribution is -2.37. The van der Waals surface area contributed by atoms with Gasteiger partial charge in [-0.2, -0.15) is 0 Å². The summed E-state index contributed by atoms with van der Waals surface area (Å²) >= 11 is 9.49. The molecule has 1 fully saturated rings. The molecule has 144 valence electrons. The minimum Gasteiger partial charge on any atom is -0.326 e. The SMILES string of the molecule is O=C(Nc1ccc(Br)c(Cl)c1)C1CCN(Cc2cccc3ccccc23)CC1. The van der Waals surface area contributed by atoms with E-state index in [9.17, 15) is 4.79 Å². The molecule has 0 aliphatic carbocycles. The number of benzene rings is 3. The first-order valence-corrected chi connectivity index (χ1v) is 10.7. The van der Waals surface area contributed by atoms with Gasteiger partial charge in [0.2, 0.25) is 5.91 Å². The summed E-state index contributed by atoms with van der Waals surface area (Å²) in [5.74, 6) is 0.134. The molecule has 0 aromatic heterocycles. The molecule has 0 bridgehead atoms. The highest BCUT2D eigenvalue weighted by Crippen LogP contribution is 2.27. The maximum atomic E-state index is 12.6. The fraction of sp³-hybridized carbons (Fsp3) is 0.261. The van der Waals surface area contributed by atoms with E-state index in [4.69, 9.17) is 11.6 Å². The summed E-state index contributed by atoms with van der Waals surface area (Å²) in [5, 5.41) is 6.20. The van der Waals surface area contributed by atoms with Crippen LogP contribution in [-0.4, -0.2) is 23.9 Å². The number of carbonyl (C=O) groups is 1. The van der Waals surface area contributed by atoms with Gasteiger partial charge in [0, 0.05) is 22.6 Å². The third-order valence-corrected chi connectivity index (χ3v) is 6.65. The van der Waals surface area contributed by atoms with Gasteiger partial charge in [-0.05, 0) is 76.4 Å². The van der Waals surface area contributed by atoms with Crippen molar-refractivity contribution in [2.75, 3.05) is 18.4 Å². The molecule has 3 aromatic rings. The Morgan fingerprint density at radius 2 is 1.82 bits per heavy atom. The molecule has 1 heterocycles. The summed E-state index contributed by atoms with van der Waals surface area (Å²) < 4.78 is 0.828. The molecule has 1 N–H and O–H groups in total. The highest BCUT2D eigenvalue weighted by molar-refractivity contribution is 9.10. The van der Waals surface area contributed by atoms with E-state index in [1.54, 1.807) is 6.07 Å². The smallest absolute Gasteiger partial charge is 0.227 e. The Balaban J connectivity index is 1.35. The van der Waals surface area contributed by atoms with Crippen LogP contribution >= 0.6 is 27.5 Å². The van der Waals surface area contributed by atoms with Crippen LogP contribution in [0.15, 0.2) is 65.1 Å². The van der Waals surface area contributed by atoms with Crippen molar-refractivity contribution < 1.29 is 4.79 Å². The number of halogens is 2. The van der Waals surface area contributed by atoms with E-state index in [0.29, 0.717) is 5.02 Å². The second-order valence-electron chi connectivity index (χ2n) is 7.31. The Kier molecular flexibility index (Phi) is 6.00. The van der Waals surface area contributed by atoms with Crippen LogP contribution in [0.1, 0.15) is 18.4 Å². The minimum atomic E-state index is 0.0474. The Labute approximate surface area is 178 Å². The summed E-state index contributed by atoms with van der Waals surface area (Å²) in [6.07, 6.45) is 1.75. The molecule has 1 aliphatic rings. The van der Waals surface area contributed by atoms with E-state index in [0.717, 1.165) is 42.6 Å². The number of nitrogens with one attached hydrogen (secondary N) is 1. The highest BCUT2D eigenvalue weighted by atomic mass is 79.9. The van der Waals surface area contributed by atoms with Gasteiger partial charge in [0.05, 0.1) is 5.02 Å². The molecule has 0 saturated carbocycles. The Morgan fingerprint density at radius 1 is 1.07 bits per heavy atom. The zero-order chi connectivity index (χ0) is 19.5. The first-order chi connectivity index (χ1) is 13.6. The molecular weight excluding hydrogens is 436 g/mol. The van der Waals surface area contributed by atoms with E-state index in [2.05, 4.69) is 68.6 Å². The molecule has 0 unspecified atom stereocenters. The third-order valence-electron chi connectivity index (χ3n) is 5.42. The lowest BCUT2D eigenvalue weighted by atomic mass is 9.95. The number of anilines is 1. The molecule has 4 rings (SSSR count). The molecular formula is C23H22BrClN2O. The van der Waals surface area contributed by atoms with Crippen molar-refractivity contribution in [1.29, 1.82) is 0 Å². The van der Waals surface area contributed by atoms with Crippen molar-refractivity contribution in [3.05, 3.63) is 75.7 Å². The maximum Gasteiger partial charge on any atom is 0.227 e. The molecule has 1 amide bonds. The number of nitrogens with zero attached hydrogens (tertiary/aromatic N) is 1. The van der Waals surface area contributed by atoms with Crippen molar-refractivity contribution in [3.63, 3.8) is 0 Å². The van der Waals surface area contributed by atoms with Crippen molar-refractivity contribution in [2.45, 2.75) is 19.4 Å².